The second-order valence-electron chi connectivity index (χ2n) is 8.57. The molecule has 182 valence electrons. The monoisotopic (exact) mass is 483 g/mol. The Bertz CT molecular complexity index is 1280. The van der Waals surface area contributed by atoms with Gasteiger partial charge in [0, 0.05) is 12.1 Å². The van der Waals surface area contributed by atoms with Gasteiger partial charge in [-0.3, -0.25) is 0 Å². The van der Waals surface area contributed by atoms with E-state index in [2.05, 4.69) is 4.98 Å². The highest BCUT2D eigenvalue weighted by atomic mass is 16.6. The lowest BCUT2D eigenvalue weighted by Crippen LogP contribution is -2.03. The second-order valence-corrected chi connectivity index (χ2v) is 8.57. The molecule has 0 radical (unpaired) electrons. The van der Waals surface area contributed by atoms with Gasteiger partial charge in [0.2, 0.25) is 11.8 Å². The average molecular weight is 484 g/mol. The van der Waals surface area contributed by atoms with Crippen molar-refractivity contribution < 1.29 is 28.4 Å². The Morgan fingerprint density at radius 2 is 0.944 bits per heavy atom. The Hall–Kier alpha value is -4.07. The molecule has 2 fully saturated rings. The van der Waals surface area contributed by atoms with Gasteiger partial charge in [-0.25, -0.2) is 0 Å². The molecule has 0 amide bonds. The molecule has 2 saturated heterocycles. The lowest BCUT2D eigenvalue weighted by molar-refractivity contribution is 0.263. The van der Waals surface area contributed by atoms with Gasteiger partial charge in [0.05, 0.1) is 13.2 Å². The van der Waals surface area contributed by atoms with Crippen molar-refractivity contribution in [3.8, 4) is 45.9 Å². The van der Waals surface area contributed by atoms with Crippen molar-refractivity contribution in [1.29, 1.82) is 0 Å². The normalized spacial score (nSPS) is 17.8. The molecular formula is C29H25NO6. The van der Waals surface area contributed by atoms with E-state index in [-0.39, 0.29) is 12.2 Å². The van der Waals surface area contributed by atoms with Gasteiger partial charge < -0.3 is 28.4 Å². The van der Waals surface area contributed by atoms with E-state index in [0.29, 0.717) is 36.5 Å². The summed E-state index contributed by atoms with van der Waals surface area (Å²) in [6.45, 7) is 2.74. The Labute approximate surface area is 209 Å². The zero-order chi connectivity index (χ0) is 24.2. The number of rotatable bonds is 11. The maximum Gasteiger partial charge on any atom is 0.222 e. The van der Waals surface area contributed by atoms with Crippen molar-refractivity contribution >= 4 is 0 Å². The first-order valence-corrected chi connectivity index (χ1v) is 11.9. The highest BCUT2D eigenvalue weighted by Gasteiger charge is 2.23. The molecule has 0 N–H and O–H groups in total. The summed E-state index contributed by atoms with van der Waals surface area (Å²) in [5.74, 6) is 3.87. The first kappa shape index (κ1) is 22.4. The van der Waals surface area contributed by atoms with Crippen LogP contribution in [0.3, 0.4) is 0 Å². The lowest BCUT2D eigenvalue weighted by Gasteiger charge is -2.10. The Morgan fingerprint density at radius 1 is 0.556 bits per heavy atom. The summed E-state index contributed by atoms with van der Waals surface area (Å²) in [7, 11) is 0. The minimum Gasteiger partial charge on any atom is -0.491 e. The molecule has 0 saturated carbocycles. The van der Waals surface area contributed by atoms with Crippen LogP contribution in [-0.4, -0.2) is 43.6 Å². The van der Waals surface area contributed by atoms with E-state index >= 15 is 0 Å². The third-order valence-corrected chi connectivity index (χ3v) is 5.69. The highest BCUT2D eigenvalue weighted by Crippen LogP contribution is 2.29. The van der Waals surface area contributed by atoms with Crippen LogP contribution in [-0.2, 0) is 9.47 Å². The molecular weight excluding hydrogens is 458 g/mol. The van der Waals surface area contributed by atoms with Gasteiger partial charge in [-0.05, 0) is 59.7 Å². The number of pyridine rings is 1. The molecule has 6 rings (SSSR count). The highest BCUT2D eigenvalue weighted by molar-refractivity contribution is 5.65. The number of nitrogens with zero attached hydrogens (tertiary/aromatic N) is 1. The molecule has 2 aliphatic heterocycles. The topological polar surface area (TPSA) is 74.9 Å². The van der Waals surface area contributed by atoms with Crippen molar-refractivity contribution in [1.82, 2.24) is 4.98 Å². The van der Waals surface area contributed by atoms with Gasteiger partial charge in [0.25, 0.3) is 0 Å². The third kappa shape index (κ3) is 6.13. The van der Waals surface area contributed by atoms with Crippen molar-refractivity contribution in [3.63, 3.8) is 0 Å². The van der Waals surface area contributed by atoms with Crippen LogP contribution in [0.4, 0.5) is 0 Å². The molecule has 36 heavy (non-hydrogen) atoms. The maximum absolute atomic E-state index is 5.95. The minimum atomic E-state index is 0.225. The third-order valence-electron chi connectivity index (χ3n) is 5.69. The molecule has 2 aliphatic rings. The van der Waals surface area contributed by atoms with Crippen LogP contribution in [0.15, 0.2) is 91.0 Å². The number of aromatic nitrogens is 1. The van der Waals surface area contributed by atoms with E-state index < -0.39 is 0 Å². The van der Waals surface area contributed by atoms with E-state index in [0.717, 1.165) is 35.8 Å². The summed E-state index contributed by atoms with van der Waals surface area (Å²) in [4.78, 5) is 4.46. The maximum atomic E-state index is 5.95. The molecule has 3 aromatic carbocycles. The van der Waals surface area contributed by atoms with Crippen LogP contribution < -0.4 is 18.9 Å². The number of ether oxygens (including phenoxy) is 6. The van der Waals surface area contributed by atoms with E-state index in [9.17, 15) is 0 Å². The Balaban J connectivity index is 1.04. The lowest BCUT2D eigenvalue weighted by atomic mass is 10.1. The Morgan fingerprint density at radius 3 is 1.39 bits per heavy atom. The summed E-state index contributed by atoms with van der Waals surface area (Å²) < 4.78 is 33.5. The summed E-state index contributed by atoms with van der Waals surface area (Å²) in [5.41, 5.74) is 2.18. The fourth-order valence-electron chi connectivity index (χ4n) is 3.52. The van der Waals surface area contributed by atoms with E-state index in [1.807, 2.05) is 78.9 Å². The number of hydrogen-bond acceptors (Lipinski definition) is 7. The molecule has 1 aromatic heterocycles. The summed E-state index contributed by atoms with van der Waals surface area (Å²) in [5, 5.41) is 0. The fourth-order valence-corrected chi connectivity index (χ4v) is 3.52. The largest absolute Gasteiger partial charge is 0.491 e. The van der Waals surface area contributed by atoms with E-state index in [1.54, 1.807) is 12.1 Å². The second kappa shape index (κ2) is 10.3. The molecule has 0 aliphatic carbocycles. The summed E-state index contributed by atoms with van der Waals surface area (Å²) in [6.07, 6.45) is 0.474. The fraction of sp³-hybridized carbons (Fsp3) is 0.207. The van der Waals surface area contributed by atoms with Crippen LogP contribution in [0.5, 0.6) is 34.8 Å². The minimum absolute atomic E-state index is 0.225. The number of hydrogen-bond donors (Lipinski definition) is 0. The van der Waals surface area contributed by atoms with Crippen molar-refractivity contribution in [2.45, 2.75) is 12.2 Å². The van der Waals surface area contributed by atoms with Crippen molar-refractivity contribution in [3.05, 3.63) is 91.0 Å². The molecule has 2 atom stereocenters. The smallest absolute Gasteiger partial charge is 0.222 e. The summed E-state index contributed by atoms with van der Waals surface area (Å²) >= 11 is 0. The van der Waals surface area contributed by atoms with Crippen LogP contribution >= 0.6 is 0 Å². The number of epoxide rings is 2. The van der Waals surface area contributed by atoms with Gasteiger partial charge in [0.1, 0.15) is 48.4 Å². The van der Waals surface area contributed by atoms with Gasteiger partial charge >= 0.3 is 0 Å². The van der Waals surface area contributed by atoms with Gasteiger partial charge in [-0.2, -0.15) is 4.98 Å². The Kier molecular flexibility index (Phi) is 6.39. The predicted molar refractivity (Wildman–Crippen MR) is 133 cm³/mol. The van der Waals surface area contributed by atoms with E-state index in [1.165, 1.54) is 0 Å². The predicted octanol–water partition coefficient (Wildman–Crippen LogP) is 5.89. The van der Waals surface area contributed by atoms with Crippen LogP contribution in [0.1, 0.15) is 0 Å². The van der Waals surface area contributed by atoms with Crippen molar-refractivity contribution in [2.75, 3.05) is 26.4 Å². The van der Waals surface area contributed by atoms with Crippen molar-refractivity contribution in [2.24, 2.45) is 0 Å². The molecule has 0 bridgehead atoms. The number of benzene rings is 3. The van der Waals surface area contributed by atoms with Crippen LogP contribution in [0.25, 0.3) is 11.1 Å². The van der Waals surface area contributed by atoms with Crippen LogP contribution in [0, 0.1) is 0 Å². The van der Waals surface area contributed by atoms with Gasteiger partial charge in [-0.15, -0.1) is 0 Å². The molecule has 4 aromatic rings. The zero-order valence-corrected chi connectivity index (χ0v) is 19.5. The zero-order valence-electron chi connectivity index (χ0n) is 19.5. The van der Waals surface area contributed by atoms with Gasteiger partial charge in [-0.1, -0.05) is 30.3 Å². The molecule has 7 nitrogen and oxygen atoms in total. The molecule has 0 spiro atoms. The van der Waals surface area contributed by atoms with Gasteiger partial charge in [0.15, 0.2) is 0 Å². The first-order chi connectivity index (χ1) is 17.8. The van der Waals surface area contributed by atoms with Crippen LogP contribution in [0.2, 0.25) is 0 Å². The standard InChI is InChI=1S/C29H25NO6/c1-2-28(30-29(3-1)36-25-14-12-23(13-15-25)32-17-27-19-34-27)35-24-10-6-21(7-11-24)20-4-8-22(9-5-20)31-16-26-18-33-26/h1-15,26-27H,16-19H2. The molecule has 7 heteroatoms. The quantitative estimate of drug-likeness (QED) is 0.246. The molecule has 2 unspecified atom stereocenters. The summed E-state index contributed by atoms with van der Waals surface area (Å²) in [6, 6.07) is 28.8. The van der Waals surface area contributed by atoms with E-state index in [4.69, 9.17) is 28.4 Å². The SMILES string of the molecule is c1cc(Oc2ccc(OCC3CO3)cc2)nc(Oc2ccc(-c3ccc(OCC4CO4)cc3)cc2)c1. The first-order valence-electron chi connectivity index (χ1n) is 11.9. The average Bonchev–Trinajstić information content (AvgIpc) is 3.84. The molecule has 3 heterocycles.